The van der Waals surface area contributed by atoms with Crippen LogP contribution in [0.2, 0.25) is 0 Å². The molecule has 2 aromatic rings. The predicted octanol–water partition coefficient (Wildman–Crippen LogP) is 4.34. The molecule has 1 N–H and O–H groups in total. The topological polar surface area (TPSA) is 107 Å². The molecule has 0 spiro atoms. The Morgan fingerprint density at radius 1 is 0.976 bits per heavy atom. The lowest BCUT2D eigenvalue weighted by Crippen LogP contribution is -2.39. The number of aliphatic hydroxyl groups excluding tert-OH is 1. The van der Waals surface area contributed by atoms with E-state index in [4.69, 9.17) is 23.7 Å². The Labute approximate surface area is 247 Å². The molecule has 0 bridgehead atoms. The van der Waals surface area contributed by atoms with Crippen molar-refractivity contribution in [3.05, 3.63) is 52.6 Å². The molecule has 42 heavy (non-hydrogen) atoms. The Morgan fingerprint density at radius 2 is 1.67 bits per heavy atom. The Morgan fingerprint density at radius 3 is 2.26 bits per heavy atom. The highest BCUT2D eigenvalue weighted by molar-refractivity contribution is 6.46. The summed E-state index contributed by atoms with van der Waals surface area (Å²) in [5, 5.41) is 11.7. The number of ether oxygens (including phenoxy) is 5. The van der Waals surface area contributed by atoms with Crippen LogP contribution in [0.5, 0.6) is 23.0 Å². The van der Waals surface area contributed by atoms with Gasteiger partial charge in [-0.15, -0.1) is 0 Å². The number of hydrogen-bond donors (Lipinski definition) is 1. The van der Waals surface area contributed by atoms with Crippen molar-refractivity contribution < 1.29 is 38.4 Å². The van der Waals surface area contributed by atoms with Crippen molar-refractivity contribution in [2.24, 2.45) is 0 Å². The molecule has 10 nitrogen and oxygen atoms in total. The molecule has 2 aliphatic heterocycles. The third-order valence-corrected chi connectivity index (χ3v) is 7.74. The van der Waals surface area contributed by atoms with Gasteiger partial charge in [0.15, 0.2) is 11.5 Å². The summed E-state index contributed by atoms with van der Waals surface area (Å²) in [4.78, 5) is 31.0. The maximum absolute atomic E-state index is 13.6. The molecule has 1 atom stereocenters. The quantitative estimate of drug-likeness (QED) is 0.160. The first-order chi connectivity index (χ1) is 20.3. The largest absolute Gasteiger partial charge is 0.507 e. The molecular formula is C32H42N2O8. The SMILES string of the molecule is CCCCOc1ccc(/C(O)=C2\C(=O)C(=O)N(CCCN3CCOCC3)[C@@H]2c2cc(OC)c(OC)c(OC)c2)c(C)c1. The highest BCUT2D eigenvalue weighted by Gasteiger charge is 2.46. The Balaban J connectivity index is 1.76. The predicted molar refractivity (Wildman–Crippen MR) is 159 cm³/mol. The minimum atomic E-state index is -0.858. The van der Waals surface area contributed by atoms with E-state index in [1.54, 1.807) is 24.3 Å². The zero-order chi connectivity index (χ0) is 30.2. The highest BCUT2D eigenvalue weighted by Crippen LogP contribution is 2.46. The molecule has 4 rings (SSSR count). The average Bonchev–Trinajstić information content (AvgIpc) is 3.25. The van der Waals surface area contributed by atoms with Crippen LogP contribution >= 0.6 is 0 Å². The van der Waals surface area contributed by atoms with E-state index in [1.807, 2.05) is 13.0 Å². The first kappa shape index (κ1) is 31.2. The Hall–Kier alpha value is -3.76. The number of amides is 1. The number of nitrogens with zero attached hydrogens (tertiary/aromatic N) is 2. The summed E-state index contributed by atoms with van der Waals surface area (Å²) in [6.07, 6.45) is 2.60. The van der Waals surface area contributed by atoms with Gasteiger partial charge in [0, 0.05) is 31.7 Å². The van der Waals surface area contributed by atoms with E-state index in [0.29, 0.717) is 66.9 Å². The fourth-order valence-corrected chi connectivity index (χ4v) is 5.48. The monoisotopic (exact) mass is 582 g/mol. The highest BCUT2D eigenvalue weighted by atomic mass is 16.5. The molecular weight excluding hydrogens is 540 g/mol. The Bertz CT molecular complexity index is 1280. The number of benzene rings is 2. The third-order valence-electron chi connectivity index (χ3n) is 7.74. The van der Waals surface area contributed by atoms with Crippen LogP contribution < -0.4 is 18.9 Å². The van der Waals surface area contributed by atoms with Crippen molar-refractivity contribution in [2.75, 3.05) is 67.3 Å². The van der Waals surface area contributed by atoms with E-state index in [0.717, 1.165) is 38.0 Å². The number of aliphatic hydroxyl groups is 1. The summed E-state index contributed by atoms with van der Waals surface area (Å²) in [6.45, 7) is 8.62. The molecule has 2 heterocycles. The van der Waals surface area contributed by atoms with Crippen LogP contribution in [0.25, 0.3) is 5.76 Å². The Kier molecular flexibility index (Phi) is 10.7. The van der Waals surface area contributed by atoms with Crippen LogP contribution in [0.15, 0.2) is 35.9 Å². The number of morpholine rings is 1. The molecule has 0 unspecified atom stereocenters. The number of carbonyl (C=O) groups is 2. The number of unbranched alkanes of at least 4 members (excludes halogenated alkanes) is 1. The van der Waals surface area contributed by atoms with Gasteiger partial charge < -0.3 is 33.7 Å². The fraction of sp³-hybridized carbons (Fsp3) is 0.500. The lowest BCUT2D eigenvalue weighted by atomic mass is 9.93. The molecule has 2 saturated heterocycles. The summed E-state index contributed by atoms with van der Waals surface area (Å²) in [7, 11) is 4.53. The smallest absolute Gasteiger partial charge is 0.295 e. The molecule has 0 saturated carbocycles. The van der Waals surface area contributed by atoms with Gasteiger partial charge in [-0.25, -0.2) is 0 Å². The third kappa shape index (κ3) is 6.65. The van der Waals surface area contributed by atoms with Crippen molar-refractivity contribution in [2.45, 2.75) is 39.2 Å². The van der Waals surface area contributed by atoms with Crippen molar-refractivity contribution in [3.63, 3.8) is 0 Å². The fourth-order valence-electron chi connectivity index (χ4n) is 5.48. The zero-order valence-electron chi connectivity index (χ0n) is 25.2. The first-order valence-electron chi connectivity index (χ1n) is 14.5. The van der Waals surface area contributed by atoms with Crippen molar-refractivity contribution >= 4 is 17.4 Å². The maximum Gasteiger partial charge on any atom is 0.295 e. The second-order valence-electron chi connectivity index (χ2n) is 10.4. The summed E-state index contributed by atoms with van der Waals surface area (Å²) < 4.78 is 27.9. The van der Waals surface area contributed by atoms with Gasteiger partial charge in [0.2, 0.25) is 5.75 Å². The van der Waals surface area contributed by atoms with E-state index in [-0.39, 0.29) is 11.3 Å². The second kappa shape index (κ2) is 14.4. The van der Waals surface area contributed by atoms with Crippen LogP contribution in [0.1, 0.15) is 48.9 Å². The summed E-state index contributed by atoms with van der Waals surface area (Å²) >= 11 is 0. The molecule has 2 aromatic carbocycles. The second-order valence-corrected chi connectivity index (χ2v) is 10.4. The number of likely N-dealkylation sites (tertiary alicyclic amines) is 1. The molecule has 2 fully saturated rings. The number of rotatable bonds is 13. The van der Waals surface area contributed by atoms with Crippen LogP contribution in [0.4, 0.5) is 0 Å². The number of ketones is 1. The van der Waals surface area contributed by atoms with E-state index in [9.17, 15) is 14.7 Å². The summed E-state index contributed by atoms with van der Waals surface area (Å²) in [5.41, 5.74) is 1.77. The molecule has 228 valence electrons. The van der Waals surface area contributed by atoms with Gasteiger partial charge in [-0.3, -0.25) is 14.5 Å². The van der Waals surface area contributed by atoms with Gasteiger partial charge in [-0.1, -0.05) is 13.3 Å². The van der Waals surface area contributed by atoms with Crippen LogP contribution in [0, 0.1) is 6.92 Å². The lowest BCUT2D eigenvalue weighted by molar-refractivity contribution is -0.140. The van der Waals surface area contributed by atoms with Gasteiger partial charge in [0.05, 0.1) is 52.8 Å². The molecule has 0 radical (unpaired) electrons. The van der Waals surface area contributed by atoms with Crippen molar-refractivity contribution in [1.82, 2.24) is 9.80 Å². The zero-order valence-corrected chi connectivity index (χ0v) is 25.2. The van der Waals surface area contributed by atoms with Gasteiger partial charge in [0.1, 0.15) is 11.5 Å². The maximum atomic E-state index is 13.6. The van der Waals surface area contributed by atoms with Gasteiger partial charge in [0.25, 0.3) is 11.7 Å². The molecule has 2 aliphatic rings. The number of aryl methyl sites for hydroxylation is 1. The minimum absolute atomic E-state index is 0.0170. The standard InChI is InChI=1S/C32H42N2O8/c1-6-7-15-42-23-9-10-24(21(2)18-23)29(35)27-28(22-19-25(38-3)31(40-5)26(20-22)39-4)34(32(37)30(27)36)12-8-11-33-13-16-41-17-14-33/h9-10,18-20,28,35H,6-8,11-17H2,1-5H3/b29-27+/t28-/m1/s1. The molecule has 0 aromatic heterocycles. The number of Topliss-reactive ketones (excluding diaryl/α,β-unsaturated/α-hetero) is 1. The van der Waals surface area contributed by atoms with Gasteiger partial charge in [-0.2, -0.15) is 0 Å². The number of carbonyl (C=O) groups excluding carboxylic acids is 2. The average molecular weight is 583 g/mol. The van der Waals surface area contributed by atoms with E-state index >= 15 is 0 Å². The van der Waals surface area contributed by atoms with Crippen molar-refractivity contribution in [3.8, 4) is 23.0 Å². The lowest BCUT2D eigenvalue weighted by Gasteiger charge is -2.29. The first-order valence-corrected chi connectivity index (χ1v) is 14.5. The minimum Gasteiger partial charge on any atom is -0.507 e. The number of methoxy groups -OCH3 is 3. The van der Waals surface area contributed by atoms with E-state index in [1.165, 1.54) is 26.2 Å². The van der Waals surface area contributed by atoms with Crippen LogP contribution in [-0.2, 0) is 14.3 Å². The molecule has 1 amide bonds. The van der Waals surface area contributed by atoms with E-state index < -0.39 is 17.7 Å². The van der Waals surface area contributed by atoms with Gasteiger partial charge in [-0.05, 0) is 61.2 Å². The van der Waals surface area contributed by atoms with Crippen molar-refractivity contribution in [1.29, 1.82) is 0 Å². The number of hydrogen-bond acceptors (Lipinski definition) is 9. The summed E-state index contributed by atoms with van der Waals surface area (Å²) in [6, 6.07) is 7.91. The van der Waals surface area contributed by atoms with Crippen LogP contribution in [-0.4, -0.2) is 93.9 Å². The van der Waals surface area contributed by atoms with Crippen LogP contribution in [0.3, 0.4) is 0 Å². The van der Waals surface area contributed by atoms with Gasteiger partial charge >= 0.3 is 0 Å². The summed E-state index contributed by atoms with van der Waals surface area (Å²) in [5.74, 6) is 0.214. The molecule has 10 heteroatoms. The molecule has 0 aliphatic carbocycles. The normalized spacial score (nSPS) is 18.8. The van der Waals surface area contributed by atoms with E-state index in [2.05, 4.69) is 11.8 Å².